The van der Waals surface area contributed by atoms with Crippen molar-refractivity contribution in [1.29, 1.82) is 0 Å². The van der Waals surface area contributed by atoms with Crippen molar-refractivity contribution in [3.05, 3.63) is 0 Å². The largest absolute Gasteiger partial charge is 0.461 e. The van der Waals surface area contributed by atoms with Crippen molar-refractivity contribution in [3.63, 3.8) is 0 Å². The summed E-state index contributed by atoms with van der Waals surface area (Å²) in [6.07, 6.45) is -1.55. The van der Waals surface area contributed by atoms with Crippen LogP contribution in [0.15, 0.2) is 0 Å². The normalized spacial score (nSPS) is 41.8. The topological polar surface area (TPSA) is 88.7 Å². The van der Waals surface area contributed by atoms with E-state index in [9.17, 15) is 21.6 Å². The van der Waals surface area contributed by atoms with Crippen molar-refractivity contribution in [2.45, 2.75) is 80.9 Å². The molecular weight excluding hydrogens is 421 g/mol. The van der Waals surface area contributed by atoms with Crippen LogP contribution in [0.4, 0.5) is 13.2 Å². The maximum Gasteiger partial charge on any atom is 0.461 e. The Labute approximate surface area is 176 Å². The standard InChI is InChI=1S/C18H33F3N6O2S/c1-11-22-10-16(27(11)18(19,20)21)14-7-6-13(9-23-14)30(28,29)25-15-5-3-4-12-8-24-26(2)17(12)15/h11-17,22-25H,3-10H2,1-2H3. The van der Waals surface area contributed by atoms with Crippen LogP contribution in [0, 0.1) is 5.92 Å². The maximum absolute atomic E-state index is 13.4. The van der Waals surface area contributed by atoms with Gasteiger partial charge < -0.3 is 10.6 Å². The van der Waals surface area contributed by atoms with Crippen LogP contribution in [0.5, 0.6) is 0 Å². The second-order valence-electron chi connectivity index (χ2n) is 9.16. The van der Waals surface area contributed by atoms with Crippen LogP contribution in [0.1, 0.15) is 39.0 Å². The molecule has 1 aliphatic carbocycles. The molecule has 0 aromatic rings. The number of fused-ring (bicyclic) bond motifs is 1. The monoisotopic (exact) mass is 454 g/mol. The molecule has 12 heteroatoms. The van der Waals surface area contributed by atoms with E-state index in [1.807, 2.05) is 12.1 Å². The Morgan fingerprint density at radius 3 is 2.47 bits per heavy atom. The summed E-state index contributed by atoms with van der Waals surface area (Å²) in [4.78, 5) is 0.544. The number of hydrogen-bond acceptors (Lipinski definition) is 7. The number of rotatable bonds is 4. The van der Waals surface area contributed by atoms with Crippen molar-refractivity contribution < 1.29 is 21.6 Å². The Morgan fingerprint density at radius 2 is 1.80 bits per heavy atom. The molecule has 30 heavy (non-hydrogen) atoms. The molecule has 1 saturated carbocycles. The van der Waals surface area contributed by atoms with Crippen LogP contribution >= 0.6 is 0 Å². The van der Waals surface area contributed by atoms with E-state index < -0.39 is 33.8 Å². The van der Waals surface area contributed by atoms with Gasteiger partial charge in [-0.15, -0.1) is 0 Å². The molecule has 4 rings (SSSR count). The molecule has 0 bridgehead atoms. The number of piperidine rings is 1. The van der Waals surface area contributed by atoms with Crippen LogP contribution in [0.25, 0.3) is 0 Å². The zero-order valence-corrected chi connectivity index (χ0v) is 18.3. The third-order valence-corrected chi connectivity index (χ3v) is 9.26. The molecule has 3 aliphatic heterocycles. The van der Waals surface area contributed by atoms with Crippen molar-refractivity contribution in [2.24, 2.45) is 5.92 Å². The summed E-state index contributed by atoms with van der Waals surface area (Å²) in [5.41, 5.74) is 3.30. The van der Waals surface area contributed by atoms with Gasteiger partial charge in [-0.05, 0) is 38.5 Å². The van der Waals surface area contributed by atoms with Crippen LogP contribution < -0.4 is 20.8 Å². The van der Waals surface area contributed by atoms with Crippen LogP contribution in [-0.2, 0) is 10.0 Å². The molecule has 3 saturated heterocycles. The van der Waals surface area contributed by atoms with Crippen molar-refractivity contribution in [1.82, 2.24) is 30.7 Å². The molecule has 0 amide bonds. The fourth-order valence-corrected chi connectivity index (χ4v) is 7.48. The number of hydrogen-bond donors (Lipinski definition) is 4. The van der Waals surface area contributed by atoms with E-state index in [0.29, 0.717) is 23.7 Å². The highest BCUT2D eigenvalue weighted by Crippen LogP contribution is 2.33. The third kappa shape index (κ3) is 4.37. The number of hydrazine groups is 1. The van der Waals surface area contributed by atoms with E-state index in [2.05, 4.69) is 20.8 Å². The van der Waals surface area contributed by atoms with E-state index in [-0.39, 0.29) is 31.2 Å². The first kappa shape index (κ1) is 22.7. The number of sulfonamides is 1. The van der Waals surface area contributed by atoms with Crippen LogP contribution in [0.3, 0.4) is 0 Å². The van der Waals surface area contributed by atoms with E-state index in [1.54, 1.807) is 0 Å². The molecular formula is C18H33F3N6O2S. The summed E-state index contributed by atoms with van der Waals surface area (Å²) in [7, 11) is -1.61. The van der Waals surface area contributed by atoms with E-state index in [4.69, 9.17) is 0 Å². The summed E-state index contributed by atoms with van der Waals surface area (Å²) in [6, 6.07) is -1.11. The van der Waals surface area contributed by atoms with E-state index in [0.717, 1.165) is 25.8 Å². The van der Waals surface area contributed by atoms with Gasteiger partial charge in [0.1, 0.15) is 0 Å². The highest BCUT2D eigenvalue weighted by atomic mass is 32.2. The lowest BCUT2D eigenvalue weighted by Gasteiger charge is -2.40. The van der Waals surface area contributed by atoms with Gasteiger partial charge in [-0.25, -0.2) is 18.1 Å². The number of likely N-dealkylation sites (N-methyl/N-ethyl adjacent to an activating group) is 1. The summed E-state index contributed by atoms with van der Waals surface area (Å²) < 4.78 is 69.3. The molecule has 3 heterocycles. The van der Waals surface area contributed by atoms with Gasteiger partial charge in [-0.1, -0.05) is 6.42 Å². The van der Waals surface area contributed by atoms with Gasteiger partial charge in [-0.2, -0.15) is 18.1 Å². The lowest BCUT2D eigenvalue weighted by molar-refractivity contribution is -0.263. The second kappa shape index (κ2) is 8.45. The molecule has 0 aromatic heterocycles. The zero-order valence-electron chi connectivity index (χ0n) is 17.5. The minimum Gasteiger partial charge on any atom is -0.311 e. The molecule has 0 aromatic carbocycles. The fourth-order valence-electron chi connectivity index (χ4n) is 5.85. The Hall–Kier alpha value is -0.500. The molecule has 8 nitrogen and oxygen atoms in total. The quantitative estimate of drug-likeness (QED) is 0.450. The van der Waals surface area contributed by atoms with E-state index in [1.165, 1.54) is 6.92 Å². The lowest BCUT2D eigenvalue weighted by atomic mass is 9.82. The van der Waals surface area contributed by atoms with Gasteiger partial charge in [0.05, 0.1) is 11.4 Å². The summed E-state index contributed by atoms with van der Waals surface area (Å²) >= 11 is 0. The van der Waals surface area contributed by atoms with Crippen LogP contribution in [-0.4, -0.2) is 86.9 Å². The Balaban J connectivity index is 1.36. The second-order valence-corrected chi connectivity index (χ2v) is 11.2. The van der Waals surface area contributed by atoms with Crippen molar-refractivity contribution in [3.8, 4) is 0 Å². The minimum absolute atomic E-state index is 0.132. The number of alkyl halides is 3. The molecule has 7 atom stereocenters. The van der Waals surface area contributed by atoms with Gasteiger partial charge in [0.25, 0.3) is 0 Å². The number of halogens is 3. The summed E-state index contributed by atoms with van der Waals surface area (Å²) in [5, 5.41) is 7.37. The van der Waals surface area contributed by atoms with Gasteiger partial charge in [0.15, 0.2) is 0 Å². The molecule has 4 aliphatic rings. The van der Waals surface area contributed by atoms with Gasteiger partial charge in [0.2, 0.25) is 10.0 Å². The van der Waals surface area contributed by atoms with Gasteiger partial charge in [0, 0.05) is 50.8 Å². The molecule has 0 spiro atoms. The zero-order chi connectivity index (χ0) is 21.7. The maximum atomic E-state index is 13.4. The molecule has 4 N–H and O–H groups in total. The molecule has 7 unspecified atom stereocenters. The summed E-state index contributed by atoms with van der Waals surface area (Å²) in [5.74, 6) is 0.440. The van der Waals surface area contributed by atoms with Crippen molar-refractivity contribution >= 4 is 10.0 Å². The first-order valence-corrected chi connectivity index (χ1v) is 12.4. The third-order valence-electron chi connectivity index (χ3n) is 7.35. The lowest BCUT2D eigenvalue weighted by Crippen LogP contribution is -2.60. The van der Waals surface area contributed by atoms with Crippen molar-refractivity contribution in [2.75, 3.05) is 26.7 Å². The van der Waals surface area contributed by atoms with Gasteiger partial charge in [-0.3, -0.25) is 5.43 Å². The number of nitrogens with zero attached hydrogens (tertiary/aromatic N) is 2. The van der Waals surface area contributed by atoms with Gasteiger partial charge >= 0.3 is 6.30 Å². The first-order valence-electron chi connectivity index (χ1n) is 10.9. The highest BCUT2D eigenvalue weighted by molar-refractivity contribution is 7.90. The molecule has 0 radical (unpaired) electrons. The molecule has 4 fully saturated rings. The highest BCUT2D eigenvalue weighted by Gasteiger charge is 2.51. The average Bonchev–Trinajstić information content (AvgIpc) is 3.25. The predicted octanol–water partition coefficient (Wildman–Crippen LogP) is 0.153. The minimum atomic E-state index is -4.42. The smallest absolute Gasteiger partial charge is 0.311 e. The molecule has 174 valence electrons. The number of nitrogens with one attached hydrogen (secondary N) is 4. The van der Waals surface area contributed by atoms with Crippen LogP contribution in [0.2, 0.25) is 0 Å². The Bertz CT molecular complexity index is 713. The summed E-state index contributed by atoms with van der Waals surface area (Å²) in [6.45, 7) is 2.78. The Kier molecular flexibility index (Phi) is 6.39. The predicted molar refractivity (Wildman–Crippen MR) is 107 cm³/mol. The fraction of sp³-hybridized carbons (Fsp3) is 1.00. The average molecular weight is 455 g/mol. The first-order chi connectivity index (χ1) is 14.1. The van der Waals surface area contributed by atoms with E-state index >= 15 is 0 Å². The SMILES string of the molecule is CC1NCC(C2CCC(S(=O)(=O)NC3CCCC4CNN(C)C43)CN2)N1C(F)(F)F. The Morgan fingerprint density at radius 1 is 1.03 bits per heavy atom.